The van der Waals surface area contributed by atoms with Gasteiger partial charge in [-0.05, 0) is 57.8 Å². The molecule has 0 aliphatic rings. The molecule has 0 bridgehead atoms. The maximum Gasteiger partial charge on any atom is 0.303 e. The van der Waals surface area contributed by atoms with Crippen LogP contribution in [0.25, 0.3) is 0 Å². The number of carboxylic acid groups (broad SMARTS) is 1. The Bertz CT molecular complexity index is 318. The zero-order valence-electron chi connectivity index (χ0n) is 16.0. The predicted molar refractivity (Wildman–Crippen MR) is 105 cm³/mol. The Morgan fingerprint density at radius 3 is 1.38 bits per heavy atom. The molecule has 0 aromatic rings. The lowest BCUT2D eigenvalue weighted by Gasteiger charge is -1.98. The Morgan fingerprint density at radius 2 is 1.00 bits per heavy atom. The van der Waals surface area contributed by atoms with Crippen molar-refractivity contribution in [3.63, 3.8) is 0 Å². The standard InChI is InChI=1S/C22H40O2/c1-2-3-4-5-6-7-8-9-10-11-12-13-14-15-16-17-18-19-20-21-22(23)24/h7-8,15-16H,2-6,9-14,17-21H2,1H3,(H,23,24)/b8-7-,16-15-. The molecule has 0 fully saturated rings. The van der Waals surface area contributed by atoms with Crippen LogP contribution in [-0.2, 0) is 4.79 Å². The quantitative estimate of drug-likeness (QED) is 0.208. The lowest BCUT2D eigenvalue weighted by atomic mass is 10.1. The molecule has 140 valence electrons. The van der Waals surface area contributed by atoms with Gasteiger partial charge in [0.05, 0.1) is 0 Å². The van der Waals surface area contributed by atoms with Crippen molar-refractivity contribution in [2.75, 3.05) is 0 Å². The van der Waals surface area contributed by atoms with Crippen molar-refractivity contribution in [1.82, 2.24) is 0 Å². The fourth-order valence-electron chi connectivity index (χ4n) is 2.75. The average Bonchev–Trinajstić information content (AvgIpc) is 2.56. The highest BCUT2D eigenvalue weighted by Crippen LogP contribution is 2.09. The molecule has 0 aromatic heterocycles. The smallest absolute Gasteiger partial charge is 0.303 e. The summed E-state index contributed by atoms with van der Waals surface area (Å²) in [5.41, 5.74) is 0. The minimum absolute atomic E-state index is 0.317. The monoisotopic (exact) mass is 336 g/mol. The van der Waals surface area contributed by atoms with Gasteiger partial charge in [0.15, 0.2) is 0 Å². The van der Waals surface area contributed by atoms with E-state index in [0.29, 0.717) is 6.42 Å². The average molecular weight is 337 g/mol. The van der Waals surface area contributed by atoms with Gasteiger partial charge in [0.2, 0.25) is 0 Å². The first-order valence-electron chi connectivity index (χ1n) is 10.3. The molecule has 0 saturated carbocycles. The minimum Gasteiger partial charge on any atom is -0.481 e. The summed E-state index contributed by atoms with van der Waals surface area (Å²) >= 11 is 0. The molecule has 2 heteroatoms. The lowest BCUT2D eigenvalue weighted by Crippen LogP contribution is -1.93. The molecule has 24 heavy (non-hydrogen) atoms. The van der Waals surface area contributed by atoms with E-state index in [4.69, 9.17) is 5.11 Å². The summed E-state index contributed by atoms with van der Waals surface area (Å²) in [4.78, 5) is 10.4. The molecule has 2 nitrogen and oxygen atoms in total. The fraction of sp³-hybridized carbons (Fsp3) is 0.773. The zero-order chi connectivity index (χ0) is 17.7. The first kappa shape index (κ1) is 22.9. The third-order valence-electron chi connectivity index (χ3n) is 4.31. The van der Waals surface area contributed by atoms with Gasteiger partial charge in [0, 0.05) is 6.42 Å². The van der Waals surface area contributed by atoms with Crippen LogP contribution in [-0.4, -0.2) is 11.1 Å². The number of hydrogen-bond donors (Lipinski definition) is 1. The van der Waals surface area contributed by atoms with Crippen LogP contribution in [0, 0.1) is 0 Å². The van der Waals surface area contributed by atoms with Crippen molar-refractivity contribution in [1.29, 1.82) is 0 Å². The molecule has 0 radical (unpaired) electrons. The van der Waals surface area contributed by atoms with E-state index in [0.717, 1.165) is 25.7 Å². The minimum atomic E-state index is -0.673. The molecule has 0 amide bonds. The third kappa shape index (κ3) is 20.9. The number of rotatable bonds is 18. The largest absolute Gasteiger partial charge is 0.481 e. The van der Waals surface area contributed by atoms with Crippen LogP contribution in [0.3, 0.4) is 0 Å². The van der Waals surface area contributed by atoms with E-state index < -0.39 is 5.97 Å². The van der Waals surface area contributed by atoms with Gasteiger partial charge in [0.25, 0.3) is 0 Å². The van der Waals surface area contributed by atoms with Crippen molar-refractivity contribution in [3.05, 3.63) is 24.3 Å². The van der Waals surface area contributed by atoms with Gasteiger partial charge in [-0.1, -0.05) is 69.8 Å². The van der Waals surface area contributed by atoms with E-state index in [9.17, 15) is 4.79 Å². The molecule has 0 atom stereocenters. The number of hydrogen-bond acceptors (Lipinski definition) is 1. The van der Waals surface area contributed by atoms with Gasteiger partial charge >= 0.3 is 5.97 Å². The first-order chi connectivity index (χ1) is 11.8. The van der Waals surface area contributed by atoms with E-state index in [1.54, 1.807) is 0 Å². The van der Waals surface area contributed by atoms with Crippen LogP contribution < -0.4 is 0 Å². The summed E-state index contributed by atoms with van der Waals surface area (Å²) in [5, 5.41) is 8.54. The highest BCUT2D eigenvalue weighted by Gasteiger charge is 1.95. The molecule has 0 rings (SSSR count). The van der Waals surface area contributed by atoms with Crippen LogP contribution in [0.2, 0.25) is 0 Å². The summed E-state index contributed by atoms with van der Waals surface area (Å²) in [6.45, 7) is 2.26. The summed E-state index contributed by atoms with van der Waals surface area (Å²) in [6, 6.07) is 0. The molecule has 0 unspecified atom stereocenters. The summed E-state index contributed by atoms with van der Waals surface area (Å²) in [7, 11) is 0. The predicted octanol–water partition coefficient (Wildman–Crippen LogP) is 7.44. The Labute approximate surface area is 150 Å². The molecule has 0 aromatic carbocycles. The molecule has 0 saturated heterocycles. The van der Waals surface area contributed by atoms with Crippen molar-refractivity contribution in [2.24, 2.45) is 0 Å². The van der Waals surface area contributed by atoms with Gasteiger partial charge in [-0.3, -0.25) is 4.79 Å². The molecule has 1 N–H and O–H groups in total. The number of unbranched alkanes of at least 4 members (excludes halogenated alkanes) is 12. The highest BCUT2D eigenvalue weighted by atomic mass is 16.4. The molecular weight excluding hydrogens is 296 g/mol. The van der Waals surface area contributed by atoms with Crippen molar-refractivity contribution < 1.29 is 9.90 Å². The summed E-state index contributed by atoms with van der Waals surface area (Å²) in [5.74, 6) is -0.673. The van der Waals surface area contributed by atoms with E-state index in [1.807, 2.05) is 0 Å². The summed E-state index contributed by atoms with van der Waals surface area (Å²) in [6.07, 6.45) is 28.2. The van der Waals surface area contributed by atoms with Crippen LogP contribution in [0.15, 0.2) is 24.3 Å². The topological polar surface area (TPSA) is 37.3 Å². The Hall–Kier alpha value is -1.05. The SMILES string of the molecule is CCCCCC/C=C\CCCCCC/C=C\CCCCCC(=O)O. The second kappa shape index (κ2) is 20.0. The Kier molecular flexibility index (Phi) is 19.1. The van der Waals surface area contributed by atoms with Gasteiger partial charge in [-0.15, -0.1) is 0 Å². The lowest BCUT2D eigenvalue weighted by molar-refractivity contribution is -0.137. The van der Waals surface area contributed by atoms with Crippen molar-refractivity contribution in [2.45, 2.75) is 110 Å². The maximum atomic E-state index is 10.4. The van der Waals surface area contributed by atoms with E-state index in [2.05, 4.69) is 31.2 Å². The van der Waals surface area contributed by atoms with Crippen molar-refractivity contribution >= 4 is 5.97 Å². The van der Waals surface area contributed by atoms with Crippen molar-refractivity contribution in [3.8, 4) is 0 Å². The number of carboxylic acids is 1. The van der Waals surface area contributed by atoms with E-state index in [1.165, 1.54) is 70.6 Å². The maximum absolute atomic E-state index is 10.4. The highest BCUT2D eigenvalue weighted by molar-refractivity contribution is 5.66. The second-order valence-corrected chi connectivity index (χ2v) is 6.78. The molecule has 0 heterocycles. The zero-order valence-corrected chi connectivity index (χ0v) is 16.0. The molecule has 0 aliphatic carbocycles. The number of aliphatic carboxylic acids is 1. The van der Waals surface area contributed by atoms with Gasteiger partial charge in [-0.2, -0.15) is 0 Å². The van der Waals surface area contributed by atoms with E-state index in [-0.39, 0.29) is 0 Å². The molecule has 0 aliphatic heterocycles. The van der Waals surface area contributed by atoms with Crippen LogP contribution in [0.5, 0.6) is 0 Å². The van der Waals surface area contributed by atoms with Gasteiger partial charge in [-0.25, -0.2) is 0 Å². The number of carbonyl (C=O) groups is 1. The molecular formula is C22H40O2. The van der Waals surface area contributed by atoms with Gasteiger partial charge in [0.1, 0.15) is 0 Å². The Morgan fingerprint density at radius 1 is 0.625 bits per heavy atom. The summed E-state index contributed by atoms with van der Waals surface area (Å²) < 4.78 is 0. The van der Waals surface area contributed by atoms with Crippen LogP contribution in [0.4, 0.5) is 0 Å². The fourth-order valence-corrected chi connectivity index (χ4v) is 2.75. The first-order valence-corrected chi connectivity index (χ1v) is 10.3. The van der Waals surface area contributed by atoms with Crippen LogP contribution >= 0.6 is 0 Å². The normalized spacial score (nSPS) is 11.7. The second-order valence-electron chi connectivity index (χ2n) is 6.78. The van der Waals surface area contributed by atoms with E-state index >= 15 is 0 Å². The van der Waals surface area contributed by atoms with Crippen LogP contribution in [0.1, 0.15) is 110 Å². The number of allylic oxidation sites excluding steroid dienone is 4. The van der Waals surface area contributed by atoms with Gasteiger partial charge < -0.3 is 5.11 Å². The third-order valence-corrected chi connectivity index (χ3v) is 4.31. The molecule has 0 spiro atoms. The Balaban J connectivity index is 3.15.